The molecule has 0 aliphatic rings. The van der Waals surface area contributed by atoms with Gasteiger partial charge in [0.25, 0.3) is 0 Å². The molecule has 2 rings (SSSR count). The highest BCUT2D eigenvalue weighted by molar-refractivity contribution is 5.61. The summed E-state index contributed by atoms with van der Waals surface area (Å²) >= 11 is 0. The molecule has 4 N–H and O–H groups in total. The van der Waals surface area contributed by atoms with Crippen LogP contribution in [0.2, 0.25) is 0 Å². The van der Waals surface area contributed by atoms with Crippen LogP contribution in [0.1, 0.15) is 6.92 Å². The second-order valence-corrected chi connectivity index (χ2v) is 5.08. The molecule has 2 aromatic rings. The van der Waals surface area contributed by atoms with Crippen LogP contribution in [0.5, 0.6) is 0 Å². The molecule has 0 saturated carbocycles. The van der Waals surface area contributed by atoms with Crippen molar-refractivity contribution in [1.82, 2.24) is 9.97 Å². The zero-order chi connectivity index (χ0) is 15.3. The van der Waals surface area contributed by atoms with Crippen molar-refractivity contribution in [2.24, 2.45) is 0 Å². The molecule has 6 heteroatoms. The van der Waals surface area contributed by atoms with Crippen LogP contribution in [0.25, 0.3) is 11.4 Å². The smallest absolute Gasteiger partial charge is 0.163 e. The minimum atomic E-state index is -0.840. The van der Waals surface area contributed by atoms with E-state index in [2.05, 4.69) is 20.6 Å². The molecule has 0 spiro atoms. The number of hydrogen-bond acceptors (Lipinski definition) is 6. The monoisotopic (exact) mass is 288 g/mol. The minimum absolute atomic E-state index is 0.205. The Bertz CT molecular complexity index is 585. The SMILES string of the molecule is CNc1cc(NC(C)(CO)CO)nc(-c2ccccc2)n1. The van der Waals surface area contributed by atoms with Gasteiger partial charge in [-0.1, -0.05) is 30.3 Å². The second-order valence-electron chi connectivity index (χ2n) is 5.08. The largest absolute Gasteiger partial charge is 0.394 e. The first-order chi connectivity index (χ1) is 10.1. The Morgan fingerprint density at radius 1 is 1.05 bits per heavy atom. The molecule has 6 nitrogen and oxygen atoms in total. The van der Waals surface area contributed by atoms with E-state index in [1.54, 1.807) is 20.0 Å². The fourth-order valence-corrected chi connectivity index (χ4v) is 1.79. The van der Waals surface area contributed by atoms with Crippen LogP contribution in [-0.4, -0.2) is 46.0 Å². The fourth-order valence-electron chi connectivity index (χ4n) is 1.79. The predicted molar refractivity (Wildman–Crippen MR) is 83.2 cm³/mol. The van der Waals surface area contributed by atoms with Crippen LogP contribution in [0.15, 0.2) is 36.4 Å². The number of hydrogen-bond donors (Lipinski definition) is 4. The molecular weight excluding hydrogens is 268 g/mol. The Kier molecular flexibility index (Phi) is 4.72. The highest BCUT2D eigenvalue weighted by Crippen LogP contribution is 2.21. The van der Waals surface area contributed by atoms with Crippen LogP contribution in [0.4, 0.5) is 11.6 Å². The van der Waals surface area contributed by atoms with E-state index in [4.69, 9.17) is 0 Å². The Labute approximate surface area is 123 Å². The molecule has 1 aromatic carbocycles. The summed E-state index contributed by atoms with van der Waals surface area (Å²) in [5.74, 6) is 1.77. The lowest BCUT2D eigenvalue weighted by Gasteiger charge is -2.27. The van der Waals surface area contributed by atoms with Gasteiger partial charge in [0.1, 0.15) is 11.6 Å². The molecular formula is C15H20N4O2. The molecule has 0 amide bonds. The van der Waals surface area contributed by atoms with Crippen molar-refractivity contribution in [3.8, 4) is 11.4 Å². The van der Waals surface area contributed by atoms with E-state index in [0.29, 0.717) is 17.5 Å². The lowest BCUT2D eigenvalue weighted by atomic mass is 10.1. The predicted octanol–water partition coefficient (Wildman–Crippen LogP) is 1.34. The molecule has 0 bridgehead atoms. The van der Waals surface area contributed by atoms with Gasteiger partial charge in [-0.2, -0.15) is 0 Å². The Morgan fingerprint density at radius 2 is 1.67 bits per heavy atom. The van der Waals surface area contributed by atoms with Crippen LogP contribution in [0, 0.1) is 0 Å². The van der Waals surface area contributed by atoms with Crippen molar-refractivity contribution < 1.29 is 10.2 Å². The molecule has 0 unspecified atom stereocenters. The highest BCUT2D eigenvalue weighted by atomic mass is 16.3. The van der Waals surface area contributed by atoms with Gasteiger partial charge in [0.05, 0.1) is 18.8 Å². The highest BCUT2D eigenvalue weighted by Gasteiger charge is 2.23. The molecule has 0 atom stereocenters. The van der Waals surface area contributed by atoms with E-state index in [1.807, 2.05) is 30.3 Å². The number of nitrogens with zero attached hydrogens (tertiary/aromatic N) is 2. The standard InChI is InChI=1S/C15H20N4O2/c1-15(9-20,10-21)19-13-8-12(16-2)17-14(18-13)11-6-4-3-5-7-11/h3-8,20-21H,9-10H2,1-2H3,(H2,16,17,18,19). The topological polar surface area (TPSA) is 90.3 Å². The fraction of sp³-hybridized carbons (Fsp3) is 0.333. The van der Waals surface area contributed by atoms with E-state index < -0.39 is 5.54 Å². The van der Waals surface area contributed by atoms with Gasteiger partial charge in [-0.3, -0.25) is 0 Å². The van der Waals surface area contributed by atoms with Crippen LogP contribution in [0.3, 0.4) is 0 Å². The van der Waals surface area contributed by atoms with Gasteiger partial charge in [0, 0.05) is 18.7 Å². The lowest BCUT2D eigenvalue weighted by Crippen LogP contribution is -2.42. The normalized spacial score (nSPS) is 11.2. The van der Waals surface area contributed by atoms with Gasteiger partial charge < -0.3 is 20.8 Å². The van der Waals surface area contributed by atoms with E-state index in [9.17, 15) is 10.2 Å². The van der Waals surface area contributed by atoms with Crippen LogP contribution < -0.4 is 10.6 Å². The maximum absolute atomic E-state index is 9.38. The summed E-state index contributed by atoms with van der Waals surface area (Å²) in [5.41, 5.74) is 0.0557. The molecule has 21 heavy (non-hydrogen) atoms. The maximum atomic E-state index is 9.38. The Hall–Kier alpha value is -2.18. The number of aliphatic hydroxyl groups excluding tert-OH is 2. The first kappa shape index (κ1) is 15.2. The molecule has 0 fully saturated rings. The zero-order valence-corrected chi connectivity index (χ0v) is 12.2. The van der Waals surface area contributed by atoms with Gasteiger partial charge in [0.2, 0.25) is 0 Å². The summed E-state index contributed by atoms with van der Waals surface area (Å²) in [6.45, 7) is 1.31. The number of anilines is 2. The van der Waals surface area contributed by atoms with Crippen molar-refractivity contribution in [3.05, 3.63) is 36.4 Å². The minimum Gasteiger partial charge on any atom is -0.394 e. The van der Waals surface area contributed by atoms with Crippen molar-refractivity contribution in [3.63, 3.8) is 0 Å². The molecule has 1 aromatic heterocycles. The van der Waals surface area contributed by atoms with Crippen LogP contribution >= 0.6 is 0 Å². The summed E-state index contributed by atoms with van der Waals surface area (Å²) in [5, 5.41) is 24.8. The van der Waals surface area contributed by atoms with Crippen molar-refractivity contribution in [2.75, 3.05) is 30.9 Å². The molecule has 0 aliphatic heterocycles. The third kappa shape index (κ3) is 3.68. The van der Waals surface area contributed by atoms with E-state index >= 15 is 0 Å². The van der Waals surface area contributed by atoms with Gasteiger partial charge in [-0.05, 0) is 6.92 Å². The summed E-state index contributed by atoms with van der Waals surface area (Å²) in [6.07, 6.45) is 0. The average molecular weight is 288 g/mol. The van der Waals surface area contributed by atoms with E-state index in [-0.39, 0.29) is 13.2 Å². The lowest BCUT2D eigenvalue weighted by molar-refractivity contribution is 0.147. The number of benzene rings is 1. The summed E-state index contributed by atoms with van der Waals surface area (Å²) in [7, 11) is 1.78. The molecule has 0 saturated heterocycles. The van der Waals surface area contributed by atoms with Gasteiger partial charge in [-0.15, -0.1) is 0 Å². The average Bonchev–Trinajstić information content (AvgIpc) is 2.55. The van der Waals surface area contributed by atoms with Crippen molar-refractivity contribution >= 4 is 11.6 Å². The number of aliphatic hydroxyl groups is 2. The van der Waals surface area contributed by atoms with Crippen molar-refractivity contribution in [1.29, 1.82) is 0 Å². The molecule has 0 radical (unpaired) electrons. The quantitative estimate of drug-likeness (QED) is 0.641. The maximum Gasteiger partial charge on any atom is 0.163 e. The number of aromatic nitrogens is 2. The van der Waals surface area contributed by atoms with E-state index in [1.165, 1.54) is 0 Å². The van der Waals surface area contributed by atoms with Gasteiger partial charge in [-0.25, -0.2) is 9.97 Å². The summed E-state index contributed by atoms with van der Waals surface area (Å²) in [6, 6.07) is 11.4. The third-order valence-corrected chi connectivity index (χ3v) is 3.14. The second kappa shape index (κ2) is 6.51. The van der Waals surface area contributed by atoms with E-state index in [0.717, 1.165) is 5.56 Å². The van der Waals surface area contributed by atoms with Gasteiger partial charge >= 0.3 is 0 Å². The Morgan fingerprint density at radius 3 is 2.24 bits per heavy atom. The molecule has 112 valence electrons. The van der Waals surface area contributed by atoms with Crippen LogP contribution in [-0.2, 0) is 0 Å². The number of rotatable bonds is 6. The summed E-state index contributed by atoms with van der Waals surface area (Å²) in [4.78, 5) is 8.86. The summed E-state index contributed by atoms with van der Waals surface area (Å²) < 4.78 is 0. The first-order valence-electron chi connectivity index (χ1n) is 6.72. The van der Waals surface area contributed by atoms with Gasteiger partial charge in [0.15, 0.2) is 5.82 Å². The molecule has 0 aliphatic carbocycles. The zero-order valence-electron chi connectivity index (χ0n) is 12.2. The number of nitrogens with one attached hydrogen (secondary N) is 2. The third-order valence-electron chi connectivity index (χ3n) is 3.14. The first-order valence-corrected chi connectivity index (χ1v) is 6.72. The van der Waals surface area contributed by atoms with Crippen molar-refractivity contribution in [2.45, 2.75) is 12.5 Å². The molecule has 1 heterocycles. The Balaban J connectivity index is 2.39.